The average molecular weight is 276 g/mol. The van der Waals surface area contributed by atoms with Crippen molar-refractivity contribution in [3.8, 4) is 0 Å². The van der Waals surface area contributed by atoms with Gasteiger partial charge in [-0.05, 0) is 13.3 Å². The zero-order valence-corrected chi connectivity index (χ0v) is 11.8. The van der Waals surface area contributed by atoms with Crippen LogP contribution >= 0.6 is 0 Å². The van der Waals surface area contributed by atoms with Gasteiger partial charge in [-0.1, -0.05) is 36.4 Å². The minimum Gasteiger partial charge on any atom is -0.469 e. The Bertz CT molecular complexity index is 481. The molecule has 0 bridgehead atoms. The molecule has 0 heterocycles. The zero-order chi connectivity index (χ0) is 15.2. The van der Waals surface area contributed by atoms with E-state index in [0.29, 0.717) is 5.56 Å². The normalized spacial score (nSPS) is 14.9. The topological polar surface area (TPSA) is 63.6 Å². The molecular formula is C16H20O4. The van der Waals surface area contributed by atoms with Crippen molar-refractivity contribution >= 4 is 11.8 Å². The van der Waals surface area contributed by atoms with Crippen LogP contribution in [0.25, 0.3) is 0 Å². The SMILES string of the molecule is C=CC[C@](C)(C(=O)OC)[C@@H](O)CC(=O)c1ccccc1. The van der Waals surface area contributed by atoms with Gasteiger partial charge in [0, 0.05) is 12.0 Å². The van der Waals surface area contributed by atoms with E-state index >= 15 is 0 Å². The molecule has 1 N–H and O–H groups in total. The third kappa shape index (κ3) is 3.54. The second-order valence-corrected chi connectivity index (χ2v) is 4.91. The Morgan fingerprint density at radius 1 is 1.40 bits per heavy atom. The van der Waals surface area contributed by atoms with Crippen LogP contribution in [-0.4, -0.2) is 30.1 Å². The van der Waals surface area contributed by atoms with E-state index in [1.807, 2.05) is 6.07 Å². The number of benzene rings is 1. The predicted molar refractivity (Wildman–Crippen MR) is 76.3 cm³/mol. The molecule has 0 aliphatic heterocycles. The second kappa shape index (κ2) is 7.01. The monoisotopic (exact) mass is 276 g/mol. The molecule has 0 fully saturated rings. The van der Waals surface area contributed by atoms with Crippen LogP contribution in [0.1, 0.15) is 30.1 Å². The van der Waals surface area contributed by atoms with Crippen molar-refractivity contribution in [1.82, 2.24) is 0 Å². The maximum absolute atomic E-state index is 12.1. The van der Waals surface area contributed by atoms with Crippen molar-refractivity contribution in [1.29, 1.82) is 0 Å². The number of carbonyl (C=O) groups excluding carboxylic acids is 2. The van der Waals surface area contributed by atoms with Crippen LogP contribution in [0, 0.1) is 5.41 Å². The third-order valence-corrected chi connectivity index (χ3v) is 3.43. The summed E-state index contributed by atoms with van der Waals surface area (Å²) in [5.41, 5.74) is -0.654. The molecule has 2 atom stereocenters. The minimum absolute atomic E-state index is 0.135. The first-order valence-corrected chi connectivity index (χ1v) is 6.41. The first kappa shape index (κ1) is 16.1. The summed E-state index contributed by atoms with van der Waals surface area (Å²) >= 11 is 0. The number of hydrogen-bond acceptors (Lipinski definition) is 4. The first-order valence-electron chi connectivity index (χ1n) is 6.41. The van der Waals surface area contributed by atoms with Gasteiger partial charge in [-0.15, -0.1) is 6.58 Å². The number of ketones is 1. The van der Waals surface area contributed by atoms with Crippen molar-refractivity contribution in [3.63, 3.8) is 0 Å². The molecule has 1 aromatic carbocycles. The quantitative estimate of drug-likeness (QED) is 0.472. The smallest absolute Gasteiger partial charge is 0.314 e. The molecule has 0 aliphatic rings. The van der Waals surface area contributed by atoms with Crippen molar-refractivity contribution in [2.24, 2.45) is 5.41 Å². The molecule has 0 amide bonds. The summed E-state index contributed by atoms with van der Waals surface area (Å²) in [6, 6.07) is 8.67. The van der Waals surface area contributed by atoms with Crippen molar-refractivity contribution < 1.29 is 19.4 Å². The predicted octanol–water partition coefficient (Wildman–Crippen LogP) is 2.38. The molecule has 0 unspecified atom stereocenters. The van der Waals surface area contributed by atoms with Gasteiger partial charge in [0.25, 0.3) is 0 Å². The van der Waals surface area contributed by atoms with E-state index in [1.165, 1.54) is 13.2 Å². The average Bonchev–Trinajstić information content (AvgIpc) is 2.47. The lowest BCUT2D eigenvalue weighted by Crippen LogP contribution is -2.41. The molecule has 0 spiro atoms. The molecule has 0 radical (unpaired) electrons. The summed E-state index contributed by atoms with van der Waals surface area (Å²) in [7, 11) is 1.26. The minimum atomic E-state index is -1.17. The number of carbonyl (C=O) groups is 2. The van der Waals surface area contributed by atoms with Crippen LogP contribution in [0.2, 0.25) is 0 Å². The van der Waals surface area contributed by atoms with E-state index in [4.69, 9.17) is 4.74 Å². The van der Waals surface area contributed by atoms with Gasteiger partial charge < -0.3 is 9.84 Å². The Hall–Kier alpha value is -1.94. The van der Waals surface area contributed by atoms with Gasteiger partial charge in [0.05, 0.1) is 18.6 Å². The molecular weight excluding hydrogens is 256 g/mol. The highest BCUT2D eigenvalue weighted by Crippen LogP contribution is 2.31. The number of rotatable bonds is 7. The molecule has 1 rings (SSSR count). The van der Waals surface area contributed by atoms with Gasteiger partial charge in [-0.2, -0.15) is 0 Å². The van der Waals surface area contributed by atoms with E-state index in [9.17, 15) is 14.7 Å². The molecule has 1 aromatic rings. The fourth-order valence-electron chi connectivity index (χ4n) is 2.03. The lowest BCUT2D eigenvalue weighted by molar-refractivity contribution is -0.158. The van der Waals surface area contributed by atoms with Gasteiger partial charge in [-0.3, -0.25) is 9.59 Å². The number of allylic oxidation sites excluding steroid dienone is 1. The summed E-state index contributed by atoms with van der Waals surface area (Å²) in [4.78, 5) is 23.9. The van der Waals surface area contributed by atoms with E-state index in [0.717, 1.165) is 0 Å². The number of aliphatic hydroxyl groups excluding tert-OH is 1. The zero-order valence-electron chi connectivity index (χ0n) is 11.8. The Balaban J connectivity index is 2.86. The Morgan fingerprint density at radius 3 is 2.50 bits per heavy atom. The van der Waals surface area contributed by atoms with Crippen LogP contribution in [-0.2, 0) is 9.53 Å². The van der Waals surface area contributed by atoms with Gasteiger partial charge >= 0.3 is 5.97 Å². The van der Waals surface area contributed by atoms with Crippen LogP contribution in [0.5, 0.6) is 0 Å². The maximum atomic E-state index is 12.1. The number of methoxy groups -OCH3 is 1. The fourth-order valence-corrected chi connectivity index (χ4v) is 2.03. The Kier molecular flexibility index (Phi) is 5.65. The molecule has 4 heteroatoms. The summed E-state index contributed by atoms with van der Waals surface area (Å²) in [6.07, 6.45) is 0.514. The molecule has 0 saturated heterocycles. The molecule has 0 aromatic heterocycles. The standard InChI is InChI=1S/C16H20O4/c1-4-10-16(2,15(19)20-3)14(18)11-13(17)12-8-6-5-7-9-12/h4-9,14,18H,1,10-11H2,2-3H3/t14-,16-/m0/s1. The third-order valence-electron chi connectivity index (χ3n) is 3.43. The highest BCUT2D eigenvalue weighted by atomic mass is 16.5. The highest BCUT2D eigenvalue weighted by molar-refractivity contribution is 5.96. The van der Waals surface area contributed by atoms with Crippen LogP contribution in [0.15, 0.2) is 43.0 Å². The number of Topliss-reactive ketones (excluding diaryl/α,β-unsaturated/α-hetero) is 1. The Morgan fingerprint density at radius 2 is 2.00 bits per heavy atom. The maximum Gasteiger partial charge on any atom is 0.314 e. The lowest BCUT2D eigenvalue weighted by Gasteiger charge is -2.30. The van der Waals surface area contributed by atoms with Crippen LogP contribution < -0.4 is 0 Å². The van der Waals surface area contributed by atoms with Crippen LogP contribution in [0.4, 0.5) is 0 Å². The highest BCUT2D eigenvalue weighted by Gasteiger charge is 2.41. The first-order chi connectivity index (χ1) is 9.45. The summed E-state index contributed by atoms with van der Waals surface area (Å²) in [5, 5.41) is 10.3. The van der Waals surface area contributed by atoms with E-state index in [-0.39, 0.29) is 18.6 Å². The summed E-state index contributed by atoms with van der Waals surface area (Å²) in [6.45, 7) is 5.15. The van der Waals surface area contributed by atoms with Gasteiger partial charge in [-0.25, -0.2) is 0 Å². The second-order valence-electron chi connectivity index (χ2n) is 4.91. The van der Waals surface area contributed by atoms with E-state index < -0.39 is 17.5 Å². The van der Waals surface area contributed by atoms with Crippen molar-refractivity contribution in [3.05, 3.63) is 48.6 Å². The Labute approximate surface area is 119 Å². The largest absolute Gasteiger partial charge is 0.469 e. The lowest BCUT2D eigenvalue weighted by atomic mass is 9.78. The van der Waals surface area contributed by atoms with Gasteiger partial charge in [0.15, 0.2) is 5.78 Å². The van der Waals surface area contributed by atoms with E-state index in [1.54, 1.807) is 31.2 Å². The molecule has 108 valence electrons. The molecule has 0 aliphatic carbocycles. The van der Waals surface area contributed by atoms with Gasteiger partial charge in [0.1, 0.15) is 0 Å². The van der Waals surface area contributed by atoms with Crippen molar-refractivity contribution in [2.45, 2.75) is 25.9 Å². The number of hydrogen-bond donors (Lipinski definition) is 1. The van der Waals surface area contributed by atoms with Gasteiger partial charge in [0.2, 0.25) is 0 Å². The molecule has 20 heavy (non-hydrogen) atoms. The summed E-state index contributed by atoms with van der Waals surface area (Å²) < 4.78 is 4.72. The van der Waals surface area contributed by atoms with Crippen LogP contribution in [0.3, 0.4) is 0 Å². The number of aliphatic hydroxyl groups is 1. The van der Waals surface area contributed by atoms with E-state index in [2.05, 4.69) is 6.58 Å². The number of esters is 1. The summed E-state index contributed by atoms with van der Waals surface area (Å²) in [5.74, 6) is -0.761. The molecule has 0 saturated carbocycles. The number of ether oxygens (including phenoxy) is 1. The van der Waals surface area contributed by atoms with Crippen molar-refractivity contribution in [2.75, 3.05) is 7.11 Å². The fraction of sp³-hybridized carbons (Fsp3) is 0.375. The molecule has 4 nitrogen and oxygen atoms in total.